The first-order valence-corrected chi connectivity index (χ1v) is 8.69. The van der Waals surface area contributed by atoms with E-state index in [0.29, 0.717) is 22.8 Å². The third-order valence-electron chi connectivity index (χ3n) is 4.47. The Hall–Kier alpha value is -3.22. The van der Waals surface area contributed by atoms with Crippen molar-refractivity contribution in [2.24, 2.45) is 0 Å². The fourth-order valence-electron chi connectivity index (χ4n) is 2.87. The molecule has 2 amide bonds. The second-order valence-electron chi connectivity index (χ2n) is 6.48. The number of aryl methyl sites for hydroxylation is 1. The van der Waals surface area contributed by atoms with Crippen LogP contribution in [0.5, 0.6) is 5.75 Å². The number of nitrogens with one attached hydrogen (secondary N) is 1. The minimum atomic E-state index is -0.553. The fourth-order valence-corrected chi connectivity index (χ4v) is 2.87. The maximum atomic E-state index is 12.5. The molecular formula is C20H21N3O4. The van der Waals surface area contributed by atoms with Gasteiger partial charge in [0.2, 0.25) is 5.91 Å². The summed E-state index contributed by atoms with van der Waals surface area (Å²) in [6.07, 6.45) is 1.16. The topological polar surface area (TPSA) is 88.6 Å². The smallest absolute Gasteiger partial charge is 0.267 e. The largest absolute Gasteiger partial charge is 0.479 e. The van der Waals surface area contributed by atoms with Gasteiger partial charge in [-0.2, -0.15) is 0 Å². The Morgan fingerprint density at radius 1 is 1.26 bits per heavy atom. The molecule has 1 aromatic carbocycles. The zero-order valence-electron chi connectivity index (χ0n) is 15.5. The summed E-state index contributed by atoms with van der Waals surface area (Å²) in [7, 11) is 1.65. The highest BCUT2D eigenvalue weighted by molar-refractivity contribution is 6.03. The van der Waals surface area contributed by atoms with Crippen LogP contribution in [0.3, 0.4) is 0 Å². The second-order valence-corrected chi connectivity index (χ2v) is 6.48. The lowest BCUT2D eigenvalue weighted by atomic mass is 10.0. The van der Waals surface area contributed by atoms with E-state index in [4.69, 9.17) is 4.74 Å². The van der Waals surface area contributed by atoms with E-state index >= 15 is 0 Å². The van der Waals surface area contributed by atoms with Gasteiger partial charge < -0.3 is 15.0 Å². The van der Waals surface area contributed by atoms with Gasteiger partial charge in [-0.1, -0.05) is 6.07 Å². The van der Waals surface area contributed by atoms with E-state index < -0.39 is 6.10 Å². The molecule has 0 spiro atoms. The van der Waals surface area contributed by atoms with Crippen LogP contribution in [0.4, 0.5) is 11.5 Å². The molecule has 0 radical (unpaired) electrons. The maximum absolute atomic E-state index is 12.5. The summed E-state index contributed by atoms with van der Waals surface area (Å²) in [5, 5.41) is 2.71. The van der Waals surface area contributed by atoms with Crippen molar-refractivity contribution in [3.63, 3.8) is 0 Å². The number of carbonyl (C=O) groups is 3. The van der Waals surface area contributed by atoms with E-state index in [0.717, 1.165) is 5.56 Å². The molecule has 3 rings (SSSR count). The van der Waals surface area contributed by atoms with Gasteiger partial charge >= 0.3 is 0 Å². The average molecular weight is 367 g/mol. The summed E-state index contributed by atoms with van der Waals surface area (Å²) in [5.74, 6) is 0.439. The second kappa shape index (κ2) is 7.57. The molecule has 7 heteroatoms. The lowest BCUT2D eigenvalue weighted by Gasteiger charge is -2.30. The molecule has 1 atom stereocenters. The minimum Gasteiger partial charge on any atom is -0.479 e. The molecule has 1 aromatic heterocycles. The molecule has 2 aromatic rings. The number of Topliss-reactive ketones (excluding diaryl/α,β-unsaturated/α-hetero) is 1. The number of ketones is 1. The molecule has 1 N–H and O–H groups in total. The lowest BCUT2D eigenvalue weighted by molar-refractivity contribution is -0.125. The van der Waals surface area contributed by atoms with E-state index in [1.165, 1.54) is 4.90 Å². The molecular weight excluding hydrogens is 346 g/mol. The zero-order valence-corrected chi connectivity index (χ0v) is 15.5. The third-order valence-corrected chi connectivity index (χ3v) is 4.47. The van der Waals surface area contributed by atoms with Crippen LogP contribution in [-0.2, 0) is 9.59 Å². The quantitative estimate of drug-likeness (QED) is 0.821. The Morgan fingerprint density at radius 2 is 2.04 bits per heavy atom. The number of amides is 2. The van der Waals surface area contributed by atoms with Crippen LogP contribution in [0.25, 0.3) is 0 Å². The van der Waals surface area contributed by atoms with Crippen LogP contribution in [0.1, 0.15) is 35.7 Å². The predicted octanol–water partition coefficient (Wildman–Crippen LogP) is 2.74. The number of fused-ring (bicyclic) bond motifs is 1. The predicted molar refractivity (Wildman–Crippen MR) is 101 cm³/mol. The fraction of sp³-hybridized carbons (Fsp3) is 0.300. The van der Waals surface area contributed by atoms with Crippen LogP contribution in [0.15, 0.2) is 36.5 Å². The van der Waals surface area contributed by atoms with E-state index in [9.17, 15) is 14.4 Å². The monoisotopic (exact) mass is 367 g/mol. The van der Waals surface area contributed by atoms with Gasteiger partial charge in [-0.05, 0) is 43.7 Å². The highest BCUT2D eigenvalue weighted by atomic mass is 16.5. The molecule has 0 aliphatic carbocycles. The number of pyridine rings is 1. The lowest BCUT2D eigenvalue weighted by Crippen LogP contribution is -2.42. The average Bonchev–Trinajstić information content (AvgIpc) is 2.66. The van der Waals surface area contributed by atoms with Crippen LogP contribution in [0, 0.1) is 6.92 Å². The zero-order chi connectivity index (χ0) is 19.6. The standard InChI is InChI=1S/C20H21N3O4/c1-12-5-4-10-21-19(12)22-18(25)9-7-16(24)14-6-8-17-15(11-14)23(3)20(26)13(2)27-17/h4-6,8,10-11,13H,7,9H2,1-3H3,(H,21,22,25). The molecule has 0 bridgehead atoms. The molecule has 2 heterocycles. The normalized spacial score (nSPS) is 15.7. The molecule has 1 aliphatic heterocycles. The van der Waals surface area contributed by atoms with Crippen LogP contribution >= 0.6 is 0 Å². The highest BCUT2D eigenvalue weighted by Crippen LogP contribution is 2.34. The van der Waals surface area contributed by atoms with Gasteiger partial charge in [0.05, 0.1) is 5.69 Å². The van der Waals surface area contributed by atoms with Crippen molar-refractivity contribution in [3.8, 4) is 5.75 Å². The summed E-state index contributed by atoms with van der Waals surface area (Å²) in [6, 6.07) is 8.60. The molecule has 7 nitrogen and oxygen atoms in total. The number of benzene rings is 1. The number of ether oxygens (including phenoxy) is 1. The number of anilines is 2. The third kappa shape index (κ3) is 3.97. The molecule has 0 saturated heterocycles. The van der Waals surface area contributed by atoms with Crippen molar-refractivity contribution in [3.05, 3.63) is 47.7 Å². The van der Waals surface area contributed by atoms with Crippen molar-refractivity contribution >= 4 is 29.1 Å². The number of hydrogen-bond acceptors (Lipinski definition) is 5. The first-order chi connectivity index (χ1) is 12.9. The van der Waals surface area contributed by atoms with Crippen LogP contribution in [0.2, 0.25) is 0 Å². The van der Waals surface area contributed by atoms with Gasteiger partial charge in [-0.25, -0.2) is 4.98 Å². The van der Waals surface area contributed by atoms with E-state index in [-0.39, 0.29) is 30.4 Å². The van der Waals surface area contributed by atoms with E-state index in [1.54, 1.807) is 44.4 Å². The van der Waals surface area contributed by atoms with Crippen molar-refractivity contribution in [1.29, 1.82) is 0 Å². The van der Waals surface area contributed by atoms with Gasteiger partial charge in [0, 0.05) is 31.6 Å². The van der Waals surface area contributed by atoms with Crippen molar-refractivity contribution in [2.75, 3.05) is 17.3 Å². The Kier molecular flexibility index (Phi) is 5.21. The van der Waals surface area contributed by atoms with Gasteiger partial charge in [0.25, 0.3) is 5.91 Å². The minimum absolute atomic E-state index is 0.0498. The Labute approximate surface area is 157 Å². The van der Waals surface area contributed by atoms with Gasteiger partial charge in [-0.3, -0.25) is 14.4 Å². The van der Waals surface area contributed by atoms with Crippen LogP contribution in [-0.4, -0.2) is 35.7 Å². The van der Waals surface area contributed by atoms with Crippen molar-refractivity contribution in [2.45, 2.75) is 32.8 Å². The number of carbonyl (C=O) groups excluding carboxylic acids is 3. The Morgan fingerprint density at radius 3 is 2.78 bits per heavy atom. The molecule has 1 unspecified atom stereocenters. The molecule has 1 aliphatic rings. The van der Waals surface area contributed by atoms with Gasteiger partial charge in [-0.15, -0.1) is 0 Å². The van der Waals surface area contributed by atoms with Crippen molar-refractivity contribution < 1.29 is 19.1 Å². The molecule has 0 saturated carbocycles. The number of hydrogen-bond donors (Lipinski definition) is 1. The summed E-state index contributed by atoms with van der Waals surface area (Å²) < 4.78 is 5.55. The summed E-state index contributed by atoms with van der Waals surface area (Å²) in [6.45, 7) is 3.53. The molecule has 140 valence electrons. The summed E-state index contributed by atoms with van der Waals surface area (Å²) in [4.78, 5) is 42.2. The van der Waals surface area contributed by atoms with Crippen LogP contribution < -0.4 is 15.0 Å². The molecule has 0 fully saturated rings. The Balaban J connectivity index is 1.64. The van der Waals surface area contributed by atoms with Gasteiger partial charge in [0.15, 0.2) is 11.9 Å². The van der Waals surface area contributed by atoms with E-state index in [1.807, 2.05) is 13.0 Å². The maximum Gasteiger partial charge on any atom is 0.267 e. The van der Waals surface area contributed by atoms with E-state index in [2.05, 4.69) is 10.3 Å². The van der Waals surface area contributed by atoms with Gasteiger partial charge in [0.1, 0.15) is 11.6 Å². The summed E-state index contributed by atoms with van der Waals surface area (Å²) in [5.41, 5.74) is 1.85. The number of rotatable bonds is 5. The Bertz CT molecular complexity index is 910. The summed E-state index contributed by atoms with van der Waals surface area (Å²) >= 11 is 0. The highest BCUT2D eigenvalue weighted by Gasteiger charge is 2.29. The SMILES string of the molecule is Cc1cccnc1NC(=O)CCC(=O)c1ccc2c(c1)N(C)C(=O)C(C)O2. The number of nitrogens with zero attached hydrogens (tertiary/aromatic N) is 2. The number of likely N-dealkylation sites (N-methyl/N-ethyl adjacent to an activating group) is 1. The molecule has 27 heavy (non-hydrogen) atoms. The van der Waals surface area contributed by atoms with Crippen molar-refractivity contribution in [1.82, 2.24) is 4.98 Å². The first-order valence-electron chi connectivity index (χ1n) is 8.69. The number of aromatic nitrogens is 1. The first kappa shape index (κ1) is 18.6.